The third-order valence-corrected chi connectivity index (χ3v) is 3.78. The van der Waals surface area contributed by atoms with E-state index in [-0.39, 0.29) is 17.3 Å². The first-order chi connectivity index (χ1) is 9.41. The van der Waals surface area contributed by atoms with Crippen LogP contribution in [0.5, 0.6) is 0 Å². The van der Waals surface area contributed by atoms with E-state index >= 15 is 0 Å². The van der Waals surface area contributed by atoms with Crippen molar-refractivity contribution in [3.63, 3.8) is 0 Å². The average Bonchev–Trinajstić information content (AvgIpc) is 2.42. The van der Waals surface area contributed by atoms with Gasteiger partial charge in [0.05, 0.1) is 13.0 Å². The molecule has 1 atom stereocenters. The number of esters is 1. The summed E-state index contributed by atoms with van der Waals surface area (Å²) >= 11 is 0. The summed E-state index contributed by atoms with van der Waals surface area (Å²) < 4.78 is 4.96. The Labute approximate surface area is 120 Å². The van der Waals surface area contributed by atoms with Gasteiger partial charge in [0.25, 0.3) is 0 Å². The standard InChI is InChI=1S/C18H22O2/c1-18(2,3)16(17(19)20-4)12-13-9-10-14-7-5-6-8-15(14)11-13/h5-11,16H,12H2,1-4H3. The van der Waals surface area contributed by atoms with Crippen LogP contribution in [0.4, 0.5) is 0 Å². The molecule has 0 fully saturated rings. The van der Waals surface area contributed by atoms with Gasteiger partial charge in [-0.05, 0) is 28.2 Å². The number of carbonyl (C=O) groups excluding carboxylic acids is 1. The number of benzene rings is 2. The molecule has 106 valence electrons. The van der Waals surface area contributed by atoms with E-state index in [0.29, 0.717) is 6.42 Å². The molecule has 0 amide bonds. The summed E-state index contributed by atoms with van der Waals surface area (Å²) in [7, 11) is 1.46. The van der Waals surface area contributed by atoms with Crippen LogP contribution in [0.3, 0.4) is 0 Å². The molecular formula is C18H22O2. The molecule has 0 aromatic heterocycles. The molecule has 0 N–H and O–H groups in total. The molecule has 2 aromatic rings. The molecule has 0 aliphatic rings. The summed E-state index contributed by atoms with van der Waals surface area (Å²) in [5.74, 6) is -0.265. The minimum atomic E-state index is -0.134. The first-order valence-corrected chi connectivity index (χ1v) is 6.97. The third-order valence-electron chi connectivity index (χ3n) is 3.78. The normalized spacial score (nSPS) is 13.2. The highest BCUT2D eigenvalue weighted by atomic mass is 16.5. The maximum Gasteiger partial charge on any atom is 0.309 e. The van der Waals surface area contributed by atoms with E-state index in [2.05, 4.69) is 51.1 Å². The van der Waals surface area contributed by atoms with Gasteiger partial charge in [0.2, 0.25) is 0 Å². The lowest BCUT2D eigenvalue weighted by atomic mass is 9.77. The quantitative estimate of drug-likeness (QED) is 0.781. The topological polar surface area (TPSA) is 26.3 Å². The molecule has 0 saturated carbocycles. The molecule has 2 nitrogen and oxygen atoms in total. The van der Waals surface area contributed by atoms with Crippen molar-refractivity contribution >= 4 is 16.7 Å². The smallest absolute Gasteiger partial charge is 0.309 e. The SMILES string of the molecule is COC(=O)C(Cc1ccc2ccccc2c1)C(C)(C)C. The van der Waals surface area contributed by atoms with Crippen LogP contribution in [0, 0.1) is 11.3 Å². The van der Waals surface area contributed by atoms with Gasteiger partial charge in [0.15, 0.2) is 0 Å². The minimum absolute atomic E-state index is 0.112. The van der Waals surface area contributed by atoms with Crippen LogP contribution in [0.15, 0.2) is 42.5 Å². The first-order valence-electron chi connectivity index (χ1n) is 6.97. The zero-order chi connectivity index (χ0) is 14.8. The predicted octanol–water partition coefficient (Wildman–Crippen LogP) is 4.22. The Morgan fingerprint density at radius 2 is 1.75 bits per heavy atom. The molecule has 0 aliphatic carbocycles. The van der Waals surface area contributed by atoms with Crippen molar-refractivity contribution in [2.45, 2.75) is 27.2 Å². The highest BCUT2D eigenvalue weighted by Crippen LogP contribution is 2.31. The molecular weight excluding hydrogens is 248 g/mol. The lowest BCUT2D eigenvalue weighted by molar-refractivity contribution is -0.149. The molecule has 2 aromatic carbocycles. The summed E-state index contributed by atoms with van der Waals surface area (Å²) in [6, 6.07) is 14.6. The highest BCUT2D eigenvalue weighted by molar-refractivity contribution is 5.83. The second-order valence-corrected chi connectivity index (χ2v) is 6.33. The van der Waals surface area contributed by atoms with Crippen LogP contribution >= 0.6 is 0 Å². The van der Waals surface area contributed by atoms with Gasteiger partial charge in [0, 0.05) is 0 Å². The molecule has 2 heteroatoms. The van der Waals surface area contributed by atoms with E-state index in [1.165, 1.54) is 23.4 Å². The van der Waals surface area contributed by atoms with E-state index in [9.17, 15) is 4.79 Å². The van der Waals surface area contributed by atoms with Crippen LogP contribution in [-0.4, -0.2) is 13.1 Å². The third kappa shape index (κ3) is 3.19. The molecule has 20 heavy (non-hydrogen) atoms. The summed E-state index contributed by atoms with van der Waals surface area (Å²) in [5.41, 5.74) is 1.06. The molecule has 0 bridgehead atoms. The number of carbonyl (C=O) groups is 1. The fourth-order valence-corrected chi connectivity index (χ4v) is 2.49. The van der Waals surface area contributed by atoms with Gasteiger partial charge in [-0.15, -0.1) is 0 Å². The van der Waals surface area contributed by atoms with Gasteiger partial charge in [-0.25, -0.2) is 0 Å². The number of methoxy groups -OCH3 is 1. The average molecular weight is 270 g/mol. The van der Waals surface area contributed by atoms with Crippen LogP contribution in [0.2, 0.25) is 0 Å². The predicted molar refractivity (Wildman–Crippen MR) is 82.6 cm³/mol. The molecule has 0 spiro atoms. The molecule has 1 unspecified atom stereocenters. The Bertz CT molecular complexity index is 608. The first kappa shape index (κ1) is 14.6. The molecule has 0 aliphatic heterocycles. The Kier molecular flexibility index (Phi) is 4.12. The van der Waals surface area contributed by atoms with E-state index in [1.807, 2.05) is 12.1 Å². The Balaban J connectivity index is 2.31. The zero-order valence-electron chi connectivity index (χ0n) is 12.6. The van der Waals surface area contributed by atoms with Crippen molar-refractivity contribution in [1.82, 2.24) is 0 Å². The van der Waals surface area contributed by atoms with Gasteiger partial charge >= 0.3 is 5.97 Å². The number of rotatable bonds is 3. The lowest BCUT2D eigenvalue weighted by Gasteiger charge is -2.28. The maximum absolute atomic E-state index is 12.0. The van der Waals surface area contributed by atoms with Crippen molar-refractivity contribution in [1.29, 1.82) is 0 Å². The van der Waals surface area contributed by atoms with Crippen molar-refractivity contribution < 1.29 is 9.53 Å². The van der Waals surface area contributed by atoms with E-state index < -0.39 is 0 Å². The van der Waals surface area contributed by atoms with Crippen molar-refractivity contribution in [3.8, 4) is 0 Å². The Morgan fingerprint density at radius 3 is 2.35 bits per heavy atom. The van der Waals surface area contributed by atoms with Gasteiger partial charge in [0.1, 0.15) is 0 Å². The van der Waals surface area contributed by atoms with Crippen molar-refractivity contribution in [3.05, 3.63) is 48.0 Å². The maximum atomic E-state index is 12.0. The second kappa shape index (κ2) is 5.66. The van der Waals surface area contributed by atoms with Gasteiger partial charge in [-0.1, -0.05) is 63.2 Å². The number of hydrogen-bond acceptors (Lipinski definition) is 2. The molecule has 0 radical (unpaired) electrons. The summed E-state index contributed by atoms with van der Waals surface area (Å²) in [5, 5.41) is 2.43. The monoisotopic (exact) mass is 270 g/mol. The summed E-state index contributed by atoms with van der Waals surface area (Å²) in [4.78, 5) is 12.0. The number of fused-ring (bicyclic) bond motifs is 1. The van der Waals surface area contributed by atoms with E-state index in [1.54, 1.807) is 0 Å². The molecule has 0 saturated heterocycles. The fourth-order valence-electron chi connectivity index (χ4n) is 2.49. The van der Waals surface area contributed by atoms with Crippen molar-refractivity contribution in [2.75, 3.05) is 7.11 Å². The van der Waals surface area contributed by atoms with Gasteiger partial charge in [-0.2, -0.15) is 0 Å². The van der Waals surface area contributed by atoms with Gasteiger partial charge in [-0.3, -0.25) is 4.79 Å². The van der Waals surface area contributed by atoms with Crippen LogP contribution in [0.25, 0.3) is 10.8 Å². The molecule has 2 rings (SSSR count). The number of ether oxygens (including phenoxy) is 1. The zero-order valence-corrected chi connectivity index (χ0v) is 12.6. The second-order valence-electron chi connectivity index (χ2n) is 6.33. The highest BCUT2D eigenvalue weighted by Gasteiger charge is 2.32. The fraction of sp³-hybridized carbons (Fsp3) is 0.389. The van der Waals surface area contributed by atoms with Crippen LogP contribution < -0.4 is 0 Å². The molecule has 0 heterocycles. The van der Waals surface area contributed by atoms with Crippen molar-refractivity contribution in [2.24, 2.45) is 11.3 Å². The van der Waals surface area contributed by atoms with E-state index in [4.69, 9.17) is 4.74 Å². The van der Waals surface area contributed by atoms with Crippen LogP contribution in [0.1, 0.15) is 26.3 Å². The minimum Gasteiger partial charge on any atom is -0.469 e. The summed E-state index contributed by atoms with van der Waals surface area (Å²) in [6.07, 6.45) is 0.709. The van der Waals surface area contributed by atoms with E-state index in [0.717, 1.165) is 0 Å². The number of hydrogen-bond donors (Lipinski definition) is 0. The Morgan fingerprint density at radius 1 is 1.10 bits per heavy atom. The Hall–Kier alpha value is -1.83. The van der Waals surface area contributed by atoms with Gasteiger partial charge < -0.3 is 4.74 Å². The lowest BCUT2D eigenvalue weighted by Crippen LogP contribution is -2.31. The van der Waals surface area contributed by atoms with Crippen LogP contribution in [-0.2, 0) is 16.0 Å². The summed E-state index contributed by atoms with van der Waals surface area (Å²) in [6.45, 7) is 6.24. The largest absolute Gasteiger partial charge is 0.469 e.